The molecule has 2 fully saturated rings. The third kappa shape index (κ3) is 7.35. The molecule has 14 heteroatoms. The van der Waals surface area contributed by atoms with Gasteiger partial charge < -0.3 is 48.0 Å². The zero-order valence-electron chi connectivity index (χ0n) is 19.5. The maximum Gasteiger partial charge on any atom is 0.217 e. The van der Waals surface area contributed by atoms with Crippen LogP contribution < -0.4 is 5.32 Å². The van der Waals surface area contributed by atoms with Gasteiger partial charge in [0.15, 0.2) is 12.6 Å². The Kier molecular flexibility index (Phi) is 11.6. The Morgan fingerprint density at radius 3 is 2.26 bits per heavy atom. The Labute approximate surface area is 211 Å². The number of hydrogen-bond acceptors (Lipinski definition) is 10. The Morgan fingerprint density at radius 1 is 1.00 bits per heavy atom. The first-order valence-corrected chi connectivity index (χ1v) is 12.5. The molecule has 35 heavy (non-hydrogen) atoms. The number of nitrogens with one attached hydrogen (secondary N) is 1. The van der Waals surface area contributed by atoms with Crippen molar-refractivity contribution in [2.24, 2.45) is 0 Å². The first-order chi connectivity index (χ1) is 16.8. The summed E-state index contributed by atoms with van der Waals surface area (Å²) >= 11 is 0. The molecule has 0 radical (unpaired) electrons. The summed E-state index contributed by atoms with van der Waals surface area (Å²) in [6.07, 6.45) is -8.04. The van der Waals surface area contributed by atoms with Crippen LogP contribution in [0.2, 0.25) is 0 Å². The molecule has 0 aliphatic carbocycles. The maximum absolute atomic E-state index is 11.7. The van der Waals surface area contributed by atoms with Gasteiger partial charge in [-0.3, -0.25) is 4.79 Å². The minimum atomic E-state index is -1.47. The Bertz CT molecular complexity index is 796. The Morgan fingerprint density at radius 2 is 1.66 bits per heavy atom. The number of ether oxygens (including phenoxy) is 4. The lowest BCUT2D eigenvalue weighted by atomic mass is 9.95. The highest BCUT2D eigenvalue weighted by atomic mass is 31.0. The molecule has 3 rings (SSSR count). The third-order valence-electron chi connectivity index (χ3n) is 5.95. The molecule has 1 amide bonds. The molecule has 3 N–H and O–H groups in total. The van der Waals surface area contributed by atoms with Gasteiger partial charge in [0, 0.05) is 35.3 Å². The van der Waals surface area contributed by atoms with E-state index in [0.717, 1.165) is 5.56 Å². The fourth-order valence-corrected chi connectivity index (χ4v) is 5.19. The standard InChI is InChI=1S/C21H34NO10P3/c1-10-16(30-33)18(31-34)19(32-35)21(27-10)29-17-13(9-26-8-12-6-4-3-5-7-12)28-20(25)14(15(17)24)22-11(2)23/h3-7,10,13-21,24-25H,8-9,33-35H2,1-2H3,(H,22,23). The van der Waals surface area contributed by atoms with Gasteiger partial charge in [0.25, 0.3) is 0 Å². The van der Waals surface area contributed by atoms with Crippen LogP contribution in [0.3, 0.4) is 0 Å². The van der Waals surface area contributed by atoms with Gasteiger partial charge in [-0.25, -0.2) is 0 Å². The predicted molar refractivity (Wildman–Crippen MR) is 134 cm³/mol. The van der Waals surface area contributed by atoms with E-state index in [9.17, 15) is 15.0 Å². The van der Waals surface area contributed by atoms with Crippen LogP contribution in [-0.2, 0) is 43.9 Å². The number of carbonyl (C=O) groups is 1. The number of carbonyl (C=O) groups excluding carboxylic acids is 1. The Balaban J connectivity index is 1.78. The smallest absolute Gasteiger partial charge is 0.217 e. The van der Waals surface area contributed by atoms with Crippen molar-refractivity contribution in [2.45, 2.75) is 81.8 Å². The van der Waals surface area contributed by atoms with Crippen molar-refractivity contribution in [1.29, 1.82) is 0 Å². The summed E-state index contributed by atoms with van der Waals surface area (Å²) in [7, 11) is 6.53. The molecule has 0 bridgehead atoms. The summed E-state index contributed by atoms with van der Waals surface area (Å²) < 4.78 is 40.2. The largest absolute Gasteiger partial charge is 0.388 e. The highest BCUT2D eigenvalue weighted by Crippen LogP contribution is 2.34. The van der Waals surface area contributed by atoms with E-state index in [1.165, 1.54) is 6.92 Å². The predicted octanol–water partition coefficient (Wildman–Crippen LogP) is 0.442. The fraction of sp³-hybridized carbons (Fsp3) is 0.667. The quantitative estimate of drug-likeness (QED) is 0.351. The SMILES string of the molecule is CC(=O)NC1C(O)OC(COCc2ccccc2)C(OC2OC(C)C(OP)C(OP)C2OP)C1O. The molecule has 11 nitrogen and oxygen atoms in total. The number of aliphatic hydroxyl groups excluding tert-OH is 2. The first-order valence-electron chi connectivity index (χ1n) is 11.1. The second-order valence-corrected chi connectivity index (χ2v) is 9.21. The average molecular weight is 553 g/mol. The normalized spacial score (nSPS) is 37.7. The van der Waals surface area contributed by atoms with Crippen molar-refractivity contribution < 1.29 is 47.5 Å². The maximum atomic E-state index is 11.7. The van der Waals surface area contributed by atoms with Crippen LogP contribution in [0.15, 0.2) is 30.3 Å². The number of rotatable bonds is 10. The van der Waals surface area contributed by atoms with E-state index in [1.807, 2.05) is 30.3 Å². The number of aliphatic hydroxyl groups is 2. The summed E-state index contributed by atoms with van der Waals surface area (Å²) in [5.41, 5.74) is 0.947. The zero-order valence-corrected chi connectivity index (χ0v) is 22.9. The number of hydrogen-bond donors (Lipinski definition) is 3. The molecule has 2 aliphatic heterocycles. The van der Waals surface area contributed by atoms with Crippen LogP contribution in [0.25, 0.3) is 0 Å². The summed E-state index contributed by atoms with van der Waals surface area (Å²) in [6, 6.07) is 8.40. The van der Waals surface area contributed by atoms with Crippen LogP contribution in [-0.4, -0.2) is 84.1 Å². The molecule has 0 aromatic heterocycles. The van der Waals surface area contributed by atoms with Gasteiger partial charge in [-0.15, -0.1) is 0 Å². The van der Waals surface area contributed by atoms with Crippen molar-refractivity contribution >= 4 is 34.3 Å². The fourth-order valence-electron chi connectivity index (χ4n) is 4.22. The second kappa shape index (κ2) is 14.0. The lowest BCUT2D eigenvalue weighted by molar-refractivity contribution is -0.333. The summed E-state index contributed by atoms with van der Waals surface area (Å²) in [5.74, 6) is -0.445. The van der Waals surface area contributed by atoms with Crippen LogP contribution in [0, 0.1) is 0 Å². The molecular weight excluding hydrogens is 519 g/mol. The van der Waals surface area contributed by atoms with Crippen molar-refractivity contribution in [3.05, 3.63) is 35.9 Å². The minimum Gasteiger partial charge on any atom is -0.388 e. The molecule has 198 valence electrons. The minimum absolute atomic E-state index is 0.00393. The van der Waals surface area contributed by atoms with Gasteiger partial charge >= 0.3 is 0 Å². The third-order valence-corrected chi connectivity index (χ3v) is 6.89. The molecule has 13 atom stereocenters. The summed E-state index contributed by atoms with van der Waals surface area (Å²) in [5, 5.41) is 24.1. The van der Waals surface area contributed by atoms with E-state index in [-0.39, 0.29) is 6.61 Å². The van der Waals surface area contributed by atoms with E-state index in [1.54, 1.807) is 6.92 Å². The monoisotopic (exact) mass is 553 g/mol. The van der Waals surface area contributed by atoms with Crippen molar-refractivity contribution in [3.8, 4) is 0 Å². The highest BCUT2D eigenvalue weighted by molar-refractivity contribution is 7.10. The summed E-state index contributed by atoms with van der Waals surface area (Å²) in [4.78, 5) is 11.7. The van der Waals surface area contributed by atoms with Crippen LogP contribution in [0.5, 0.6) is 0 Å². The molecule has 1 aromatic rings. The van der Waals surface area contributed by atoms with Gasteiger partial charge in [-0.2, -0.15) is 0 Å². The lowest BCUT2D eigenvalue weighted by Gasteiger charge is -2.47. The molecule has 0 spiro atoms. The Hall–Kier alpha value is -0.380. The van der Waals surface area contributed by atoms with Gasteiger partial charge in [0.2, 0.25) is 5.91 Å². The van der Waals surface area contributed by atoms with E-state index in [2.05, 4.69) is 33.7 Å². The van der Waals surface area contributed by atoms with E-state index >= 15 is 0 Å². The van der Waals surface area contributed by atoms with E-state index in [0.29, 0.717) is 6.61 Å². The number of amides is 1. The van der Waals surface area contributed by atoms with Gasteiger partial charge in [-0.05, 0) is 12.5 Å². The van der Waals surface area contributed by atoms with Gasteiger partial charge in [0.1, 0.15) is 42.7 Å². The zero-order chi connectivity index (χ0) is 25.5. The highest BCUT2D eigenvalue weighted by Gasteiger charge is 2.51. The van der Waals surface area contributed by atoms with Gasteiger partial charge in [-0.1, -0.05) is 30.3 Å². The van der Waals surface area contributed by atoms with Crippen molar-refractivity contribution in [1.82, 2.24) is 5.32 Å². The molecule has 2 aliphatic rings. The molecular formula is C21H34NO10P3. The van der Waals surface area contributed by atoms with E-state index < -0.39 is 67.3 Å². The van der Waals surface area contributed by atoms with Crippen LogP contribution >= 0.6 is 28.4 Å². The molecule has 1 aromatic carbocycles. The first kappa shape index (κ1) is 29.2. The van der Waals surface area contributed by atoms with Crippen LogP contribution in [0.4, 0.5) is 0 Å². The molecule has 0 saturated carbocycles. The lowest BCUT2D eigenvalue weighted by Crippen LogP contribution is -2.67. The second-order valence-electron chi connectivity index (χ2n) is 8.40. The topological polar surface area (TPSA) is 134 Å². The molecule has 13 unspecified atom stereocenters. The van der Waals surface area contributed by atoms with Crippen LogP contribution in [0.1, 0.15) is 19.4 Å². The van der Waals surface area contributed by atoms with Crippen molar-refractivity contribution in [2.75, 3.05) is 6.61 Å². The van der Waals surface area contributed by atoms with Crippen molar-refractivity contribution in [3.63, 3.8) is 0 Å². The number of benzene rings is 1. The van der Waals surface area contributed by atoms with E-state index in [4.69, 9.17) is 32.5 Å². The molecule has 2 heterocycles. The average Bonchev–Trinajstić information content (AvgIpc) is 2.84. The molecule has 2 saturated heterocycles. The van der Waals surface area contributed by atoms with Gasteiger partial charge in [0.05, 0.1) is 19.3 Å². The summed E-state index contributed by atoms with van der Waals surface area (Å²) in [6.45, 7) is 3.35.